The van der Waals surface area contributed by atoms with Crippen molar-refractivity contribution in [2.45, 2.75) is 39.8 Å². The predicted molar refractivity (Wildman–Crippen MR) is 78.2 cm³/mol. The zero-order chi connectivity index (χ0) is 13.4. The Bertz CT molecular complexity index is 413. The number of nitrogens with two attached hydrogens (primary N) is 1. The highest BCUT2D eigenvalue weighted by Gasteiger charge is 2.10. The van der Waals surface area contributed by atoms with Crippen LogP contribution in [0.3, 0.4) is 0 Å². The maximum Gasteiger partial charge on any atom is 0.0555 e. The van der Waals surface area contributed by atoms with Crippen molar-refractivity contribution in [2.75, 3.05) is 13.1 Å². The average Bonchev–Trinajstić information content (AvgIpc) is 2.37. The molecule has 1 rings (SSSR count). The minimum Gasteiger partial charge on any atom is -0.320 e. The lowest BCUT2D eigenvalue weighted by molar-refractivity contribution is 0.213. The van der Waals surface area contributed by atoms with E-state index in [1.807, 2.05) is 6.07 Å². The van der Waals surface area contributed by atoms with E-state index >= 15 is 0 Å². The molecule has 0 aliphatic rings. The zero-order valence-corrected chi connectivity index (χ0v) is 11.7. The molecule has 2 nitrogen and oxygen atoms in total. The van der Waals surface area contributed by atoms with Crippen molar-refractivity contribution in [3.8, 4) is 11.8 Å². The lowest BCUT2D eigenvalue weighted by atomic mass is 10.1. The molecule has 2 N–H and O–H groups in total. The van der Waals surface area contributed by atoms with Crippen molar-refractivity contribution in [3.63, 3.8) is 0 Å². The molecule has 1 aromatic rings. The van der Waals surface area contributed by atoms with E-state index in [4.69, 9.17) is 5.73 Å². The van der Waals surface area contributed by atoms with Gasteiger partial charge in [-0.3, -0.25) is 4.90 Å². The van der Waals surface area contributed by atoms with Gasteiger partial charge in [-0.1, -0.05) is 37.0 Å². The van der Waals surface area contributed by atoms with Crippen molar-refractivity contribution >= 4 is 0 Å². The van der Waals surface area contributed by atoms with Gasteiger partial charge in [0.1, 0.15) is 0 Å². The monoisotopic (exact) mass is 244 g/mol. The van der Waals surface area contributed by atoms with E-state index in [1.165, 1.54) is 12.0 Å². The fourth-order valence-corrected chi connectivity index (χ4v) is 1.95. The van der Waals surface area contributed by atoms with Gasteiger partial charge >= 0.3 is 0 Å². The van der Waals surface area contributed by atoms with Crippen LogP contribution < -0.4 is 5.73 Å². The SMILES string of the molecule is CCCN(Cc1ccccc1C#CCN)C(C)C. The van der Waals surface area contributed by atoms with Gasteiger partial charge in [0.15, 0.2) is 0 Å². The van der Waals surface area contributed by atoms with Crippen LogP contribution in [0, 0.1) is 11.8 Å². The maximum absolute atomic E-state index is 5.44. The molecule has 0 aromatic heterocycles. The Morgan fingerprint density at radius 2 is 2.00 bits per heavy atom. The quantitative estimate of drug-likeness (QED) is 0.807. The van der Waals surface area contributed by atoms with Gasteiger partial charge in [0.2, 0.25) is 0 Å². The Hall–Kier alpha value is -1.30. The van der Waals surface area contributed by atoms with Gasteiger partial charge in [-0.15, -0.1) is 0 Å². The molecule has 0 aliphatic heterocycles. The van der Waals surface area contributed by atoms with Gasteiger partial charge in [0.25, 0.3) is 0 Å². The normalized spacial score (nSPS) is 10.6. The van der Waals surface area contributed by atoms with Gasteiger partial charge in [0.05, 0.1) is 6.54 Å². The van der Waals surface area contributed by atoms with E-state index in [2.05, 4.69) is 55.7 Å². The largest absolute Gasteiger partial charge is 0.320 e. The molecule has 0 radical (unpaired) electrons. The molecule has 18 heavy (non-hydrogen) atoms. The van der Waals surface area contributed by atoms with Crippen LogP contribution in [0.1, 0.15) is 38.3 Å². The van der Waals surface area contributed by atoms with Crippen LogP contribution in [-0.2, 0) is 6.54 Å². The van der Waals surface area contributed by atoms with Gasteiger partial charge in [-0.25, -0.2) is 0 Å². The van der Waals surface area contributed by atoms with E-state index in [1.54, 1.807) is 0 Å². The molecule has 0 bridgehead atoms. The second-order valence-electron chi connectivity index (χ2n) is 4.73. The van der Waals surface area contributed by atoms with Crippen molar-refractivity contribution in [3.05, 3.63) is 35.4 Å². The van der Waals surface area contributed by atoms with Crippen molar-refractivity contribution in [2.24, 2.45) is 5.73 Å². The Kier molecular flexibility index (Phi) is 6.49. The molecule has 0 heterocycles. The molecule has 0 fully saturated rings. The minimum atomic E-state index is 0.414. The van der Waals surface area contributed by atoms with E-state index in [0.29, 0.717) is 12.6 Å². The van der Waals surface area contributed by atoms with Crippen LogP contribution in [-0.4, -0.2) is 24.0 Å². The first-order valence-electron chi connectivity index (χ1n) is 6.70. The van der Waals surface area contributed by atoms with E-state index in [-0.39, 0.29) is 0 Å². The molecular weight excluding hydrogens is 220 g/mol. The Morgan fingerprint density at radius 3 is 2.61 bits per heavy atom. The highest BCUT2D eigenvalue weighted by atomic mass is 15.1. The standard InChI is InChI=1S/C16H24N2/c1-4-12-18(14(2)3)13-16-9-6-5-8-15(16)10-7-11-17/h5-6,8-9,14H,4,11-13,17H2,1-3H3. The third kappa shape index (κ3) is 4.52. The summed E-state index contributed by atoms with van der Waals surface area (Å²) in [4.78, 5) is 2.48. The fourth-order valence-electron chi connectivity index (χ4n) is 1.95. The van der Waals surface area contributed by atoms with E-state index in [9.17, 15) is 0 Å². The maximum atomic E-state index is 5.44. The second-order valence-corrected chi connectivity index (χ2v) is 4.73. The zero-order valence-electron chi connectivity index (χ0n) is 11.7. The van der Waals surface area contributed by atoms with Crippen molar-refractivity contribution in [1.82, 2.24) is 4.90 Å². The van der Waals surface area contributed by atoms with E-state index < -0.39 is 0 Å². The topological polar surface area (TPSA) is 29.3 Å². The van der Waals surface area contributed by atoms with Gasteiger partial charge in [0, 0.05) is 18.2 Å². The first kappa shape index (κ1) is 14.8. The third-order valence-corrected chi connectivity index (χ3v) is 2.96. The highest BCUT2D eigenvalue weighted by Crippen LogP contribution is 2.13. The summed E-state index contributed by atoms with van der Waals surface area (Å²) in [5.41, 5.74) is 7.83. The Morgan fingerprint density at radius 1 is 1.28 bits per heavy atom. The first-order valence-corrected chi connectivity index (χ1v) is 6.70. The summed E-state index contributed by atoms with van der Waals surface area (Å²) in [6, 6.07) is 8.89. The lowest BCUT2D eigenvalue weighted by Gasteiger charge is -2.26. The van der Waals surface area contributed by atoms with Crippen LogP contribution >= 0.6 is 0 Å². The summed E-state index contributed by atoms with van der Waals surface area (Å²) >= 11 is 0. The third-order valence-electron chi connectivity index (χ3n) is 2.96. The fraction of sp³-hybridized carbons (Fsp3) is 0.500. The number of hydrogen-bond donors (Lipinski definition) is 1. The van der Waals surface area contributed by atoms with Crippen LogP contribution in [0.25, 0.3) is 0 Å². The molecule has 0 aliphatic carbocycles. The second kappa shape index (κ2) is 7.92. The number of benzene rings is 1. The molecule has 0 amide bonds. The molecule has 1 aromatic carbocycles. The minimum absolute atomic E-state index is 0.414. The summed E-state index contributed by atoms with van der Waals surface area (Å²) in [5.74, 6) is 6.10. The molecule has 98 valence electrons. The van der Waals surface area contributed by atoms with Crippen LogP contribution in [0.2, 0.25) is 0 Å². The molecule has 0 saturated heterocycles. The average molecular weight is 244 g/mol. The van der Waals surface area contributed by atoms with E-state index in [0.717, 1.165) is 18.7 Å². The van der Waals surface area contributed by atoms with Gasteiger partial charge in [-0.05, 0) is 38.4 Å². The summed E-state index contributed by atoms with van der Waals surface area (Å²) in [5, 5.41) is 0. The Labute approximate surface area is 111 Å². The molecule has 0 spiro atoms. The predicted octanol–water partition coefficient (Wildman–Crippen LogP) is 2.62. The summed E-state index contributed by atoms with van der Waals surface area (Å²) in [6.45, 7) is 9.19. The van der Waals surface area contributed by atoms with Gasteiger partial charge < -0.3 is 5.73 Å². The molecule has 0 unspecified atom stereocenters. The summed E-state index contributed by atoms with van der Waals surface area (Å²) < 4.78 is 0. The highest BCUT2D eigenvalue weighted by molar-refractivity contribution is 5.41. The first-order chi connectivity index (χ1) is 8.69. The smallest absolute Gasteiger partial charge is 0.0555 e. The van der Waals surface area contributed by atoms with Crippen LogP contribution in [0.4, 0.5) is 0 Å². The van der Waals surface area contributed by atoms with Crippen LogP contribution in [0.5, 0.6) is 0 Å². The van der Waals surface area contributed by atoms with Crippen molar-refractivity contribution in [1.29, 1.82) is 0 Å². The summed E-state index contributed by atoms with van der Waals surface area (Å²) in [6.07, 6.45) is 1.18. The number of nitrogens with zero attached hydrogens (tertiary/aromatic N) is 1. The Balaban J connectivity index is 2.88. The van der Waals surface area contributed by atoms with Crippen molar-refractivity contribution < 1.29 is 0 Å². The van der Waals surface area contributed by atoms with Crippen LogP contribution in [0.15, 0.2) is 24.3 Å². The molecule has 0 saturated carbocycles. The summed E-state index contributed by atoms with van der Waals surface area (Å²) in [7, 11) is 0. The molecular formula is C16H24N2. The molecule has 0 atom stereocenters. The van der Waals surface area contributed by atoms with Gasteiger partial charge in [-0.2, -0.15) is 0 Å². The number of rotatable bonds is 5. The lowest BCUT2D eigenvalue weighted by Crippen LogP contribution is -2.31. The number of hydrogen-bond acceptors (Lipinski definition) is 2. The molecule has 2 heteroatoms.